The summed E-state index contributed by atoms with van der Waals surface area (Å²) in [5.74, 6) is 0.0914. The number of benzene rings is 3. The van der Waals surface area contributed by atoms with E-state index in [1.165, 1.54) is 0 Å². The van der Waals surface area contributed by atoms with Crippen LogP contribution in [-0.2, 0) is 22.6 Å². The van der Waals surface area contributed by atoms with Crippen LogP contribution < -0.4 is 4.74 Å². The highest BCUT2D eigenvalue weighted by Crippen LogP contribution is 2.30. The van der Waals surface area contributed by atoms with Gasteiger partial charge < -0.3 is 9.84 Å². The fraction of sp³-hybridized carbons (Fsp3) is 0.0800. The molecule has 5 nitrogen and oxygen atoms in total. The third-order valence-electron chi connectivity index (χ3n) is 4.88. The fourth-order valence-corrected chi connectivity index (χ4v) is 3.92. The van der Waals surface area contributed by atoms with Gasteiger partial charge in [-0.1, -0.05) is 51.8 Å². The van der Waals surface area contributed by atoms with E-state index in [4.69, 9.17) is 21.4 Å². The van der Waals surface area contributed by atoms with Crippen LogP contribution in [-0.4, -0.2) is 27.8 Å². The minimum Gasteiger partial charge on any atom is -0.481 e. The van der Waals surface area contributed by atoms with Crippen LogP contribution in [0.3, 0.4) is 0 Å². The Morgan fingerprint density at radius 1 is 1.06 bits per heavy atom. The molecule has 0 unspecified atom stereocenters. The van der Waals surface area contributed by atoms with Crippen LogP contribution in [0.1, 0.15) is 16.7 Å². The van der Waals surface area contributed by atoms with Crippen LogP contribution in [0.25, 0.3) is 5.57 Å². The Balaban J connectivity index is 1.58. The van der Waals surface area contributed by atoms with Gasteiger partial charge in [-0.2, -0.15) is 4.58 Å². The summed E-state index contributed by atoms with van der Waals surface area (Å²) in [5, 5.41) is 9.66. The number of nitrogens with zero attached hydrogens (tertiary/aromatic N) is 1. The van der Waals surface area contributed by atoms with Crippen molar-refractivity contribution in [2.75, 3.05) is 0 Å². The molecule has 0 saturated carbocycles. The molecule has 0 aromatic heterocycles. The lowest BCUT2D eigenvalue weighted by atomic mass is 10.1. The number of halogens is 2. The third kappa shape index (κ3) is 5.33. The van der Waals surface area contributed by atoms with Crippen molar-refractivity contribution in [2.45, 2.75) is 13.0 Å². The van der Waals surface area contributed by atoms with E-state index in [1.807, 2.05) is 36.5 Å². The number of carbonyl (C=O) groups is 2. The number of aliphatic carboxylic acids is 1. The van der Waals surface area contributed by atoms with Gasteiger partial charge in [-0.25, -0.2) is 4.79 Å². The van der Waals surface area contributed by atoms with E-state index >= 15 is 0 Å². The van der Waals surface area contributed by atoms with Gasteiger partial charge in [-0.05, 0) is 53.6 Å². The van der Waals surface area contributed by atoms with Crippen LogP contribution in [0.15, 0.2) is 77.3 Å². The molecule has 4 rings (SSSR count). The van der Waals surface area contributed by atoms with Gasteiger partial charge in [-0.3, -0.25) is 4.79 Å². The third-order valence-corrected chi connectivity index (χ3v) is 5.62. The number of allylic oxidation sites excluding steroid dienone is 1. The normalized spacial score (nSPS) is 13.0. The Morgan fingerprint density at radius 2 is 1.84 bits per heavy atom. The van der Waals surface area contributed by atoms with Crippen LogP contribution >= 0.6 is 27.5 Å². The summed E-state index contributed by atoms with van der Waals surface area (Å²) in [5.41, 5.74) is 3.17. The first kappa shape index (κ1) is 22.0. The molecular weight excluding hydrogens is 494 g/mol. The fourth-order valence-electron chi connectivity index (χ4n) is 3.38. The van der Waals surface area contributed by atoms with E-state index in [-0.39, 0.29) is 12.3 Å². The Bertz CT molecular complexity index is 1270. The second-order valence-electron chi connectivity index (χ2n) is 7.27. The van der Waals surface area contributed by atoms with Gasteiger partial charge in [0.25, 0.3) is 0 Å². The number of rotatable bonds is 7. The number of hydrogen-bond acceptors (Lipinski definition) is 3. The predicted octanol–water partition coefficient (Wildman–Crippen LogP) is 5.73. The largest absolute Gasteiger partial charge is 0.481 e. The van der Waals surface area contributed by atoms with Crippen molar-refractivity contribution in [1.29, 1.82) is 0 Å². The monoisotopic (exact) mass is 510 g/mol. The molecule has 0 spiro atoms. The molecule has 0 atom stereocenters. The molecule has 1 aliphatic rings. The number of carboxylic acid groups (broad SMARTS) is 1. The molecule has 0 aliphatic carbocycles. The van der Waals surface area contributed by atoms with Crippen molar-refractivity contribution >= 4 is 51.2 Å². The molecular formula is C25H18BrClNO4+. The van der Waals surface area contributed by atoms with E-state index in [9.17, 15) is 9.59 Å². The Morgan fingerprint density at radius 3 is 2.59 bits per heavy atom. The van der Waals surface area contributed by atoms with E-state index in [0.717, 1.165) is 21.2 Å². The van der Waals surface area contributed by atoms with Gasteiger partial charge in [0, 0.05) is 9.50 Å². The summed E-state index contributed by atoms with van der Waals surface area (Å²) in [7, 11) is 0. The zero-order valence-corrected chi connectivity index (χ0v) is 19.1. The maximum atomic E-state index is 12.6. The number of carboxylic acids is 1. The molecule has 7 heteroatoms. The van der Waals surface area contributed by atoms with E-state index in [1.54, 1.807) is 47.0 Å². The summed E-state index contributed by atoms with van der Waals surface area (Å²) < 4.78 is 8.54. The number of ether oxygens (including phenoxy) is 1. The van der Waals surface area contributed by atoms with Crippen LogP contribution in [0.2, 0.25) is 5.02 Å². The quantitative estimate of drug-likeness (QED) is 0.412. The second-order valence-corrected chi connectivity index (χ2v) is 8.63. The first-order chi connectivity index (χ1) is 15.4. The van der Waals surface area contributed by atoms with E-state index in [0.29, 0.717) is 28.6 Å². The maximum Gasteiger partial charge on any atom is 0.413 e. The standard InChI is InChI=1S/C25H17BrClNO4/c26-20-6-9-23(32-22-3-1-2-16(10-22)11-25(30)31)19(12-20)15-28-14-18(13-24(28)29)17-4-7-21(27)8-5-17/h1-10,12-14H,11,15H2/p+1. The Kier molecular flexibility index (Phi) is 6.53. The van der Waals surface area contributed by atoms with Gasteiger partial charge in [0.1, 0.15) is 11.5 Å². The molecule has 160 valence electrons. The summed E-state index contributed by atoms with van der Waals surface area (Å²) in [6.45, 7) is 0.315. The SMILES string of the molecule is O=C(O)Cc1cccc(Oc2ccc(Br)cc2C[N+]2=CC(c3ccc(Cl)cc3)=CC2=O)c1. The van der Waals surface area contributed by atoms with Gasteiger partial charge in [-0.15, -0.1) is 0 Å². The highest BCUT2D eigenvalue weighted by molar-refractivity contribution is 9.10. The van der Waals surface area contributed by atoms with Gasteiger partial charge in [0.2, 0.25) is 0 Å². The van der Waals surface area contributed by atoms with Gasteiger partial charge >= 0.3 is 11.9 Å². The van der Waals surface area contributed by atoms with Gasteiger partial charge in [0.05, 0.1) is 23.6 Å². The zero-order chi connectivity index (χ0) is 22.7. The van der Waals surface area contributed by atoms with Crippen molar-refractivity contribution in [3.63, 3.8) is 0 Å². The van der Waals surface area contributed by atoms with Crippen LogP contribution in [0, 0.1) is 0 Å². The van der Waals surface area contributed by atoms with E-state index in [2.05, 4.69) is 15.9 Å². The molecule has 3 aromatic rings. The Hall–Kier alpha value is -3.22. The number of carbonyl (C=O) groups excluding carboxylic acids is 1. The zero-order valence-electron chi connectivity index (χ0n) is 16.8. The lowest BCUT2D eigenvalue weighted by molar-refractivity contribution is -0.452. The summed E-state index contributed by atoms with van der Waals surface area (Å²) in [6, 6.07) is 19.9. The number of amides is 1. The molecule has 3 aromatic carbocycles. The summed E-state index contributed by atoms with van der Waals surface area (Å²) in [4.78, 5) is 23.6. The lowest BCUT2D eigenvalue weighted by Gasteiger charge is -2.11. The minimum absolute atomic E-state index is 0.0826. The summed E-state index contributed by atoms with van der Waals surface area (Å²) >= 11 is 9.44. The second kappa shape index (κ2) is 9.51. The molecule has 1 amide bonds. The highest BCUT2D eigenvalue weighted by atomic mass is 79.9. The van der Waals surface area contributed by atoms with Crippen LogP contribution in [0.4, 0.5) is 0 Å². The van der Waals surface area contributed by atoms with Gasteiger partial charge in [0.15, 0.2) is 12.8 Å². The molecule has 0 saturated heterocycles. The molecule has 0 bridgehead atoms. The average Bonchev–Trinajstić information content (AvgIpc) is 3.10. The maximum absolute atomic E-state index is 12.6. The molecule has 0 fully saturated rings. The van der Waals surface area contributed by atoms with Crippen molar-refractivity contribution in [2.24, 2.45) is 0 Å². The average molecular weight is 512 g/mol. The molecule has 1 aliphatic heterocycles. The topological polar surface area (TPSA) is 66.6 Å². The Labute approximate surface area is 198 Å². The molecule has 0 radical (unpaired) electrons. The van der Waals surface area contributed by atoms with Crippen molar-refractivity contribution in [3.05, 3.63) is 99.0 Å². The minimum atomic E-state index is -0.904. The van der Waals surface area contributed by atoms with Crippen LogP contribution in [0.5, 0.6) is 11.5 Å². The lowest BCUT2D eigenvalue weighted by Crippen LogP contribution is -2.15. The van der Waals surface area contributed by atoms with Crippen molar-refractivity contribution < 1.29 is 24.0 Å². The molecule has 1 N–H and O–H groups in total. The van der Waals surface area contributed by atoms with Crippen molar-refractivity contribution in [1.82, 2.24) is 0 Å². The first-order valence-corrected chi connectivity index (χ1v) is 10.9. The first-order valence-electron chi connectivity index (χ1n) is 9.77. The summed E-state index contributed by atoms with van der Waals surface area (Å²) in [6.07, 6.45) is 3.32. The molecule has 1 heterocycles. The molecule has 32 heavy (non-hydrogen) atoms. The smallest absolute Gasteiger partial charge is 0.413 e. The number of hydrogen-bond donors (Lipinski definition) is 1. The van der Waals surface area contributed by atoms with Crippen molar-refractivity contribution in [3.8, 4) is 11.5 Å². The van der Waals surface area contributed by atoms with E-state index < -0.39 is 5.97 Å². The highest BCUT2D eigenvalue weighted by Gasteiger charge is 2.26. The predicted molar refractivity (Wildman–Crippen MR) is 126 cm³/mol.